The van der Waals surface area contributed by atoms with Crippen LogP contribution in [0.4, 0.5) is 5.82 Å². The number of hydrogen-bond acceptors (Lipinski definition) is 8. The normalized spacial score (nSPS) is 18.0. The molecule has 3 atom stereocenters. The highest BCUT2D eigenvalue weighted by molar-refractivity contribution is 8.00. The Morgan fingerprint density at radius 2 is 1.39 bits per heavy atom. The third-order valence-corrected chi connectivity index (χ3v) is 7.84. The van der Waals surface area contributed by atoms with Gasteiger partial charge in [-0.15, -0.1) is 11.8 Å². The van der Waals surface area contributed by atoms with Gasteiger partial charge in [-0.05, 0) is 48.0 Å². The number of benzene rings is 3. The molecule has 1 amide bonds. The number of rotatable bonds is 8. The molecule has 1 N–H and O–H groups in total. The molecule has 1 aliphatic heterocycles. The maximum atomic E-state index is 13.1. The summed E-state index contributed by atoms with van der Waals surface area (Å²) in [6, 6.07) is 27.1. The molecule has 9 nitrogen and oxygen atoms in total. The van der Waals surface area contributed by atoms with Gasteiger partial charge in [0, 0.05) is 11.8 Å². The van der Waals surface area contributed by atoms with Crippen molar-refractivity contribution in [1.82, 2.24) is 9.55 Å². The smallest absolute Gasteiger partial charge is 0.350 e. The summed E-state index contributed by atoms with van der Waals surface area (Å²) in [4.78, 5) is 55.1. The van der Waals surface area contributed by atoms with Crippen LogP contribution < -0.4 is 11.0 Å². The van der Waals surface area contributed by atoms with E-state index in [4.69, 9.17) is 9.47 Å². The van der Waals surface area contributed by atoms with Gasteiger partial charge in [-0.3, -0.25) is 9.36 Å². The predicted molar refractivity (Wildman–Crippen MR) is 155 cm³/mol. The molecule has 5 rings (SSSR count). The lowest BCUT2D eigenvalue weighted by Crippen LogP contribution is -2.31. The van der Waals surface area contributed by atoms with E-state index in [1.54, 1.807) is 91.0 Å². The first-order valence-corrected chi connectivity index (χ1v) is 13.6. The van der Waals surface area contributed by atoms with Crippen LogP contribution in [0.3, 0.4) is 0 Å². The standard InChI is InChI=1S/C31H25N3O6S/c1-20-26(40-30(37)23-15-9-4-10-16-23)24(19-39-29(36)22-13-7-3-8-14-22)41-28(20)34-18-17-25(33-31(34)38)32-27(35)21-11-5-2-6-12-21/h2-18,24,26,28H,1,19H2,(H,32,33,35,38)/t24-,26+,28-/m0/s1. The fourth-order valence-corrected chi connectivity index (χ4v) is 5.69. The van der Waals surface area contributed by atoms with Gasteiger partial charge in [-0.2, -0.15) is 4.98 Å². The predicted octanol–water partition coefficient (Wildman–Crippen LogP) is 4.75. The summed E-state index contributed by atoms with van der Waals surface area (Å²) >= 11 is 1.27. The number of ether oxygens (including phenoxy) is 2. The highest BCUT2D eigenvalue weighted by Crippen LogP contribution is 2.46. The van der Waals surface area contributed by atoms with Crippen LogP contribution in [0.2, 0.25) is 0 Å². The van der Waals surface area contributed by atoms with Crippen LogP contribution in [0.25, 0.3) is 0 Å². The number of carbonyl (C=O) groups excluding carboxylic acids is 3. The van der Waals surface area contributed by atoms with Crippen LogP contribution in [0.1, 0.15) is 36.4 Å². The molecular formula is C31H25N3O6S. The van der Waals surface area contributed by atoms with Crippen molar-refractivity contribution in [3.63, 3.8) is 0 Å². The van der Waals surface area contributed by atoms with Crippen LogP contribution >= 0.6 is 11.8 Å². The van der Waals surface area contributed by atoms with Crippen molar-refractivity contribution in [2.45, 2.75) is 16.7 Å². The number of aromatic nitrogens is 2. The number of nitrogens with zero attached hydrogens (tertiary/aromatic N) is 2. The van der Waals surface area contributed by atoms with Crippen molar-refractivity contribution in [3.8, 4) is 0 Å². The largest absolute Gasteiger partial charge is 0.461 e. The second kappa shape index (κ2) is 12.5. The summed E-state index contributed by atoms with van der Waals surface area (Å²) in [5.74, 6) is -1.40. The Balaban J connectivity index is 1.35. The van der Waals surface area contributed by atoms with Gasteiger partial charge in [0.05, 0.1) is 16.4 Å². The molecule has 0 radical (unpaired) electrons. The lowest BCUT2D eigenvalue weighted by atomic mass is 10.1. The van der Waals surface area contributed by atoms with Gasteiger partial charge in [0.1, 0.15) is 23.9 Å². The lowest BCUT2D eigenvalue weighted by molar-refractivity contribution is 0.0289. The minimum Gasteiger partial charge on any atom is -0.461 e. The SMILES string of the molecule is C=C1[C@@H](OC(=O)c2ccccc2)[C@H](COC(=O)c2ccccc2)S[C@@H]1n1ccc(NC(=O)c2ccccc2)nc1=O. The topological polar surface area (TPSA) is 117 Å². The number of hydrogen-bond donors (Lipinski definition) is 1. The first-order chi connectivity index (χ1) is 19.9. The van der Waals surface area contributed by atoms with E-state index in [9.17, 15) is 19.2 Å². The second-order valence-corrected chi connectivity index (χ2v) is 10.4. The summed E-state index contributed by atoms with van der Waals surface area (Å²) in [5, 5.41) is 1.41. The van der Waals surface area contributed by atoms with Crippen LogP contribution in [-0.2, 0) is 9.47 Å². The molecule has 0 spiro atoms. The Morgan fingerprint density at radius 3 is 1.98 bits per heavy atom. The zero-order valence-corrected chi connectivity index (χ0v) is 22.5. The minimum atomic E-state index is -0.856. The molecule has 10 heteroatoms. The monoisotopic (exact) mass is 567 g/mol. The summed E-state index contributed by atoms with van der Waals surface area (Å²) < 4.78 is 12.7. The van der Waals surface area contributed by atoms with Crippen molar-refractivity contribution < 1.29 is 23.9 Å². The van der Waals surface area contributed by atoms with Crippen molar-refractivity contribution in [2.24, 2.45) is 0 Å². The molecule has 1 fully saturated rings. The number of amides is 1. The molecule has 206 valence electrons. The van der Waals surface area contributed by atoms with Gasteiger partial charge in [-0.1, -0.05) is 61.2 Å². The van der Waals surface area contributed by atoms with Gasteiger partial charge < -0.3 is 14.8 Å². The van der Waals surface area contributed by atoms with Crippen molar-refractivity contribution in [1.29, 1.82) is 0 Å². The molecule has 1 aromatic heterocycles. The molecular weight excluding hydrogens is 542 g/mol. The van der Waals surface area contributed by atoms with Gasteiger partial charge in [0.25, 0.3) is 5.91 Å². The summed E-state index contributed by atoms with van der Waals surface area (Å²) in [6.07, 6.45) is 0.637. The number of thioether (sulfide) groups is 1. The zero-order valence-electron chi connectivity index (χ0n) is 21.7. The van der Waals surface area contributed by atoms with Gasteiger partial charge >= 0.3 is 17.6 Å². The van der Waals surface area contributed by atoms with Crippen molar-refractivity contribution in [2.75, 3.05) is 11.9 Å². The molecule has 0 bridgehead atoms. The summed E-state index contributed by atoms with van der Waals surface area (Å²) in [7, 11) is 0. The second-order valence-electron chi connectivity index (χ2n) is 9.08. The molecule has 4 aromatic rings. The van der Waals surface area contributed by atoms with E-state index in [1.807, 2.05) is 0 Å². The Kier molecular flexibility index (Phi) is 8.40. The molecule has 3 aromatic carbocycles. The third-order valence-electron chi connectivity index (χ3n) is 6.32. The minimum absolute atomic E-state index is 0.0892. The van der Waals surface area contributed by atoms with E-state index in [1.165, 1.54) is 28.6 Å². The van der Waals surface area contributed by atoms with E-state index < -0.39 is 40.3 Å². The first kappa shape index (κ1) is 27.6. The van der Waals surface area contributed by atoms with E-state index in [0.717, 1.165) is 0 Å². The zero-order chi connectivity index (χ0) is 28.8. The van der Waals surface area contributed by atoms with E-state index in [0.29, 0.717) is 22.3 Å². The van der Waals surface area contributed by atoms with Crippen LogP contribution in [-0.4, -0.2) is 45.4 Å². The quantitative estimate of drug-likeness (QED) is 0.240. The van der Waals surface area contributed by atoms with Crippen molar-refractivity contribution in [3.05, 3.63) is 143 Å². The maximum absolute atomic E-state index is 13.1. The van der Waals surface area contributed by atoms with Crippen LogP contribution in [0.5, 0.6) is 0 Å². The molecule has 1 aliphatic rings. The molecule has 2 heterocycles. The highest BCUT2D eigenvalue weighted by Gasteiger charge is 2.43. The highest BCUT2D eigenvalue weighted by atomic mass is 32.2. The maximum Gasteiger partial charge on any atom is 0.350 e. The molecule has 0 saturated carbocycles. The van der Waals surface area contributed by atoms with E-state index in [2.05, 4.69) is 16.9 Å². The van der Waals surface area contributed by atoms with Crippen LogP contribution in [0.15, 0.2) is 120 Å². The Labute approximate surface area is 239 Å². The molecule has 0 unspecified atom stereocenters. The summed E-state index contributed by atoms with van der Waals surface area (Å²) in [6.45, 7) is 4.04. The Bertz CT molecular complexity index is 1630. The number of anilines is 1. The fourth-order valence-electron chi connectivity index (χ4n) is 4.24. The number of carbonyl (C=O) groups is 3. The molecule has 1 saturated heterocycles. The van der Waals surface area contributed by atoms with E-state index >= 15 is 0 Å². The van der Waals surface area contributed by atoms with Gasteiger partial charge in [0.15, 0.2) is 0 Å². The first-order valence-electron chi connectivity index (χ1n) is 12.7. The summed E-state index contributed by atoms with van der Waals surface area (Å²) in [5.41, 5.74) is 0.965. The van der Waals surface area contributed by atoms with Gasteiger partial charge in [-0.25, -0.2) is 14.4 Å². The lowest BCUT2D eigenvalue weighted by Gasteiger charge is -2.20. The van der Waals surface area contributed by atoms with Gasteiger partial charge in [0.2, 0.25) is 0 Å². The average molecular weight is 568 g/mol. The third kappa shape index (κ3) is 6.44. The average Bonchev–Trinajstić information content (AvgIpc) is 3.31. The number of esters is 2. The van der Waals surface area contributed by atoms with Crippen molar-refractivity contribution >= 4 is 35.4 Å². The Hall–Kier alpha value is -4.96. The molecule has 41 heavy (non-hydrogen) atoms. The fraction of sp³-hybridized carbons (Fsp3) is 0.129. The van der Waals surface area contributed by atoms with Crippen LogP contribution in [0, 0.1) is 0 Å². The number of nitrogens with one attached hydrogen (secondary N) is 1. The Morgan fingerprint density at radius 1 is 0.829 bits per heavy atom. The van der Waals surface area contributed by atoms with E-state index in [-0.39, 0.29) is 12.4 Å². The molecule has 0 aliphatic carbocycles.